The van der Waals surface area contributed by atoms with Crippen molar-refractivity contribution < 1.29 is 9.53 Å². The second-order valence-electron chi connectivity index (χ2n) is 4.97. The van der Waals surface area contributed by atoms with Crippen LogP contribution in [0.1, 0.15) is 23.6 Å². The number of carbonyl (C=O) groups is 1. The van der Waals surface area contributed by atoms with Crippen molar-refractivity contribution in [3.05, 3.63) is 33.8 Å². The second-order valence-corrected chi connectivity index (χ2v) is 5.83. The van der Waals surface area contributed by atoms with Crippen LogP contribution in [0.3, 0.4) is 0 Å². The summed E-state index contributed by atoms with van der Waals surface area (Å²) in [5.74, 6) is -0.00924. The Hall–Kier alpha value is -0.910. The zero-order chi connectivity index (χ0) is 13.2. The van der Waals surface area contributed by atoms with Gasteiger partial charge in [-0.25, -0.2) is 0 Å². The smallest absolute Gasteiger partial charge is 0.250 e. The van der Waals surface area contributed by atoms with Gasteiger partial charge in [-0.1, -0.05) is 28.1 Å². The molecule has 1 aromatic carbocycles. The number of halogens is 1. The average molecular weight is 325 g/mol. The van der Waals surface area contributed by atoms with E-state index in [1.54, 1.807) is 0 Å². The number of ether oxygens (including phenoxy) is 1. The molecule has 1 heterocycles. The first-order chi connectivity index (χ1) is 9.25. The molecule has 1 aliphatic heterocycles. The zero-order valence-electron chi connectivity index (χ0n) is 10.6. The molecule has 1 aromatic rings. The van der Waals surface area contributed by atoms with Gasteiger partial charge in [-0.3, -0.25) is 4.79 Å². The molecule has 2 unspecified atom stereocenters. The van der Waals surface area contributed by atoms with E-state index in [9.17, 15) is 4.79 Å². The van der Waals surface area contributed by atoms with Crippen molar-refractivity contribution in [2.75, 3.05) is 19.7 Å². The number of morpholine rings is 1. The third-order valence-corrected chi connectivity index (χ3v) is 4.49. The summed E-state index contributed by atoms with van der Waals surface area (Å²) in [5, 5.41) is 6.28. The highest BCUT2D eigenvalue weighted by Crippen LogP contribution is 2.35. The van der Waals surface area contributed by atoms with Crippen LogP contribution in [0.4, 0.5) is 0 Å². The molecule has 2 atom stereocenters. The van der Waals surface area contributed by atoms with Crippen LogP contribution in [-0.4, -0.2) is 31.7 Å². The van der Waals surface area contributed by atoms with Crippen molar-refractivity contribution in [2.45, 2.75) is 25.0 Å². The third-order valence-electron chi connectivity index (χ3n) is 3.75. The molecule has 4 nitrogen and oxygen atoms in total. The largest absolute Gasteiger partial charge is 0.366 e. The van der Waals surface area contributed by atoms with Gasteiger partial charge < -0.3 is 15.4 Å². The summed E-state index contributed by atoms with van der Waals surface area (Å²) in [7, 11) is 0. The monoisotopic (exact) mass is 324 g/mol. The lowest BCUT2D eigenvalue weighted by Gasteiger charge is -2.24. The molecule has 5 heteroatoms. The first-order valence-corrected chi connectivity index (χ1v) is 7.45. The topological polar surface area (TPSA) is 50.4 Å². The minimum absolute atomic E-state index is 0.00924. The molecule has 0 radical (unpaired) electrons. The molecule has 0 saturated carbocycles. The number of hydrogen-bond donors (Lipinski definition) is 2. The van der Waals surface area contributed by atoms with Crippen molar-refractivity contribution >= 4 is 21.8 Å². The fourth-order valence-electron chi connectivity index (χ4n) is 2.76. The van der Waals surface area contributed by atoms with E-state index < -0.39 is 0 Å². The average Bonchev–Trinajstić information content (AvgIpc) is 2.84. The standard InChI is InChI=1S/C14H17BrN2O2/c15-11-3-1-2-10-9(11)4-5-12(10)17-14(18)13-8-16-6-7-19-13/h1-3,12-13,16H,4-8H2,(H,17,18). The van der Waals surface area contributed by atoms with Crippen LogP contribution < -0.4 is 10.6 Å². The fourth-order valence-corrected chi connectivity index (χ4v) is 3.34. The molecule has 2 N–H and O–H groups in total. The lowest BCUT2D eigenvalue weighted by atomic mass is 10.1. The Labute approximate surface area is 121 Å². The van der Waals surface area contributed by atoms with Crippen molar-refractivity contribution in [3.63, 3.8) is 0 Å². The zero-order valence-corrected chi connectivity index (χ0v) is 12.2. The molecule has 0 aromatic heterocycles. The Balaban J connectivity index is 1.69. The number of benzene rings is 1. The van der Waals surface area contributed by atoms with Crippen LogP contribution in [0.15, 0.2) is 22.7 Å². The van der Waals surface area contributed by atoms with Crippen LogP contribution >= 0.6 is 15.9 Å². The number of fused-ring (bicyclic) bond motifs is 1. The summed E-state index contributed by atoms with van der Waals surface area (Å²) in [5.41, 5.74) is 2.54. The van der Waals surface area contributed by atoms with Gasteiger partial charge in [0.25, 0.3) is 5.91 Å². The maximum atomic E-state index is 12.2. The van der Waals surface area contributed by atoms with Crippen LogP contribution in [-0.2, 0) is 16.0 Å². The van der Waals surface area contributed by atoms with Gasteiger partial charge in [0.1, 0.15) is 6.10 Å². The maximum Gasteiger partial charge on any atom is 0.250 e. The minimum Gasteiger partial charge on any atom is -0.366 e. The van der Waals surface area contributed by atoms with E-state index in [1.165, 1.54) is 11.1 Å². The van der Waals surface area contributed by atoms with Crippen molar-refractivity contribution in [1.29, 1.82) is 0 Å². The first kappa shape index (κ1) is 13.1. The highest BCUT2D eigenvalue weighted by atomic mass is 79.9. The van der Waals surface area contributed by atoms with Crippen molar-refractivity contribution in [2.24, 2.45) is 0 Å². The van der Waals surface area contributed by atoms with E-state index in [2.05, 4.69) is 38.7 Å². The molecule has 0 spiro atoms. The summed E-state index contributed by atoms with van der Waals surface area (Å²) in [6, 6.07) is 6.28. The Morgan fingerprint density at radius 1 is 1.47 bits per heavy atom. The van der Waals surface area contributed by atoms with E-state index in [-0.39, 0.29) is 18.1 Å². The van der Waals surface area contributed by atoms with Crippen LogP contribution in [0, 0.1) is 0 Å². The quantitative estimate of drug-likeness (QED) is 0.867. The van der Waals surface area contributed by atoms with Crippen molar-refractivity contribution in [3.8, 4) is 0 Å². The highest BCUT2D eigenvalue weighted by Gasteiger charge is 2.29. The molecule has 19 heavy (non-hydrogen) atoms. The minimum atomic E-state index is -0.357. The number of rotatable bonds is 2. The molecular weight excluding hydrogens is 308 g/mol. The fraction of sp³-hybridized carbons (Fsp3) is 0.500. The van der Waals surface area contributed by atoms with E-state index in [0.29, 0.717) is 13.2 Å². The van der Waals surface area contributed by atoms with Gasteiger partial charge >= 0.3 is 0 Å². The second kappa shape index (κ2) is 5.61. The van der Waals surface area contributed by atoms with E-state index in [1.807, 2.05) is 6.07 Å². The van der Waals surface area contributed by atoms with Crippen LogP contribution in [0.2, 0.25) is 0 Å². The van der Waals surface area contributed by atoms with Crippen LogP contribution in [0.5, 0.6) is 0 Å². The SMILES string of the molecule is O=C(NC1CCc2c(Br)cccc21)C1CNCCO1. The molecule has 1 aliphatic carbocycles. The molecule has 2 aliphatic rings. The predicted octanol–water partition coefficient (Wildman–Crippen LogP) is 1.54. The molecule has 3 rings (SSSR count). The summed E-state index contributed by atoms with van der Waals surface area (Å²) < 4.78 is 6.61. The van der Waals surface area contributed by atoms with Gasteiger partial charge in [-0.05, 0) is 30.0 Å². The van der Waals surface area contributed by atoms with Gasteiger partial charge in [0.05, 0.1) is 12.6 Å². The van der Waals surface area contributed by atoms with Gasteiger partial charge in [-0.15, -0.1) is 0 Å². The summed E-state index contributed by atoms with van der Waals surface area (Å²) in [6.07, 6.45) is 1.61. The lowest BCUT2D eigenvalue weighted by molar-refractivity contribution is -0.135. The van der Waals surface area contributed by atoms with Gasteiger partial charge in [0.15, 0.2) is 0 Å². The third kappa shape index (κ3) is 2.68. The van der Waals surface area contributed by atoms with Gasteiger partial charge in [0, 0.05) is 17.6 Å². The predicted molar refractivity (Wildman–Crippen MR) is 76.0 cm³/mol. The molecular formula is C14H17BrN2O2. The molecule has 0 bridgehead atoms. The Bertz CT molecular complexity index is 486. The van der Waals surface area contributed by atoms with E-state index >= 15 is 0 Å². The van der Waals surface area contributed by atoms with Crippen molar-refractivity contribution in [1.82, 2.24) is 10.6 Å². The Morgan fingerprint density at radius 2 is 2.37 bits per heavy atom. The summed E-state index contributed by atoms with van der Waals surface area (Å²) >= 11 is 3.57. The molecule has 1 fully saturated rings. The maximum absolute atomic E-state index is 12.2. The molecule has 1 saturated heterocycles. The van der Waals surface area contributed by atoms with E-state index in [4.69, 9.17) is 4.74 Å². The number of amides is 1. The number of hydrogen-bond acceptors (Lipinski definition) is 3. The van der Waals surface area contributed by atoms with Gasteiger partial charge in [0.2, 0.25) is 0 Å². The normalized spacial score (nSPS) is 25.9. The Kier molecular flexibility index (Phi) is 3.86. The number of nitrogens with one attached hydrogen (secondary N) is 2. The first-order valence-electron chi connectivity index (χ1n) is 6.65. The summed E-state index contributed by atoms with van der Waals surface area (Å²) in [6.45, 7) is 2.03. The van der Waals surface area contributed by atoms with E-state index in [0.717, 1.165) is 23.9 Å². The molecule has 102 valence electrons. The van der Waals surface area contributed by atoms with Gasteiger partial charge in [-0.2, -0.15) is 0 Å². The van der Waals surface area contributed by atoms with Crippen LogP contribution in [0.25, 0.3) is 0 Å². The number of carbonyl (C=O) groups excluding carboxylic acids is 1. The lowest BCUT2D eigenvalue weighted by Crippen LogP contribution is -2.48. The molecule has 1 amide bonds. The highest BCUT2D eigenvalue weighted by molar-refractivity contribution is 9.10. The summed E-state index contributed by atoms with van der Waals surface area (Å²) in [4.78, 5) is 12.2. The Morgan fingerprint density at radius 3 is 3.16 bits per heavy atom.